The standard InChI is InChI=1S/C12H15ClO/c1-9(2)7-10(8-14)11-5-3-4-6-12(11)13/h3-6,8-10H,7H2,1-2H3. The number of carbonyl (C=O) groups excluding carboxylic acids is 1. The summed E-state index contributed by atoms with van der Waals surface area (Å²) >= 11 is 6.02. The summed E-state index contributed by atoms with van der Waals surface area (Å²) in [4.78, 5) is 10.9. The van der Waals surface area contributed by atoms with Crippen molar-refractivity contribution in [3.63, 3.8) is 0 Å². The average Bonchev–Trinajstić information content (AvgIpc) is 2.15. The van der Waals surface area contributed by atoms with Crippen LogP contribution in [-0.4, -0.2) is 6.29 Å². The summed E-state index contributed by atoms with van der Waals surface area (Å²) in [5.74, 6) is 0.435. The van der Waals surface area contributed by atoms with Gasteiger partial charge in [0.25, 0.3) is 0 Å². The molecule has 0 aliphatic heterocycles. The summed E-state index contributed by atoms with van der Waals surface area (Å²) < 4.78 is 0. The van der Waals surface area contributed by atoms with Crippen LogP contribution in [0.1, 0.15) is 31.7 Å². The summed E-state index contributed by atoms with van der Waals surface area (Å²) in [5.41, 5.74) is 0.942. The highest BCUT2D eigenvalue weighted by atomic mass is 35.5. The van der Waals surface area contributed by atoms with Crippen molar-refractivity contribution in [3.05, 3.63) is 34.9 Å². The molecule has 0 aromatic heterocycles. The Balaban J connectivity index is 2.89. The van der Waals surface area contributed by atoms with Gasteiger partial charge in [0.05, 0.1) is 0 Å². The van der Waals surface area contributed by atoms with Gasteiger partial charge in [-0.15, -0.1) is 0 Å². The minimum Gasteiger partial charge on any atom is -0.303 e. The largest absolute Gasteiger partial charge is 0.303 e. The fourth-order valence-corrected chi connectivity index (χ4v) is 1.82. The van der Waals surface area contributed by atoms with E-state index in [9.17, 15) is 4.79 Å². The first kappa shape index (κ1) is 11.3. The first-order valence-corrected chi connectivity index (χ1v) is 5.22. The van der Waals surface area contributed by atoms with E-state index in [0.717, 1.165) is 18.3 Å². The molecule has 76 valence electrons. The highest BCUT2D eigenvalue weighted by Crippen LogP contribution is 2.27. The van der Waals surface area contributed by atoms with Crippen LogP contribution in [0, 0.1) is 5.92 Å². The highest BCUT2D eigenvalue weighted by Gasteiger charge is 2.14. The van der Waals surface area contributed by atoms with Crippen molar-refractivity contribution in [2.75, 3.05) is 0 Å². The van der Waals surface area contributed by atoms with Gasteiger partial charge in [-0.05, 0) is 24.0 Å². The molecular weight excluding hydrogens is 196 g/mol. The molecule has 0 amide bonds. The third-order valence-corrected chi connectivity index (χ3v) is 2.54. The van der Waals surface area contributed by atoms with Crippen LogP contribution in [0.5, 0.6) is 0 Å². The summed E-state index contributed by atoms with van der Waals surface area (Å²) in [6, 6.07) is 7.54. The van der Waals surface area contributed by atoms with Gasteiger partial charge in [0.2, 0.25) is 0 Å². The van der Waals surface area contributed by atoms with Crippen LogP contribution in [-0.2, 0) is 4.79 Å². The van der Waals surface area contributed by atoms with Crippen molar-refractivity contribution in [2.45, 2.75) is 26.2 Å². The molecule has 0 spiro atoms. The first-order valence-electron chi connectivity index (χ1n) is 4.85. The Labute approximate surface area is 90.1 Å². The van der Waals surface area contributed by atoms with Gasteiger partial charge in [-0.25, -0.2) is 0 Å². The summed E-state index contributed by atoms with van der Waals surface area (Å²) in [7, 11) is 0. The molecule has 1 unspecified atom stereocenters. The monoisotopic (exact) mass is 210 g/mol. The quantitative estimate of drug-likeness (QED) is 0.694. The van der Waals surface area contributed by atoms with E-state index in [-0.39, 0.29) is 5.92 Å². The third kappa shape index (κ3) is 2.85. The Morgan fingerprint density at radius 2 is 2.00 bits per heavy atom. The number of hydrogen-bond donors (Lipinski definition) is 0. The Bertz CT molecular complexity index is 307. The van der Waals surface area contributed by atoms with Crippen LogP contribution in [0.15, 0.2) is 24.3 Å². The molecule has 0 radical (unpaired) electrons. The molecule has 2 heteroatoms. The highest BCUT2D eigenvalue weighted by molar-refractivity contribution is 6.31. The second-order valence-electron chi connectivity index (χ2n) is 3.89. The van der Waals surface area contributed by atoms with E-state index in [1.807, 2.05) is 24.3 Å². The van der Waals surface area contributed by atoms with Gasteiger partial charge in [-0.1, -0.05) is 43.6 Å². The number of benzene rings is 1. The lowest BCUT2D eigenvalue weighted by Crippen LogP contribution is -2.04. The van der Waals surface area contributed by atoms with E-state index in [0.29, 0.717) is 10.9 Å². The lowest BCUT2D eigenvalue weighted by Gasteiger charge is -2.14. The zero-order chi connectivity index (χ0) is 10.6. The summed E-state index contributed by atoms with van der Waals surface area (Å²) in [5, 5.41) is 0.685. The Morgan fingerprint density at radius 3 is 2.50 bits per heavy atom. The molecule has 1 aromatic rings. The number of aldehydes is 1. The van der Waals surface area contributed by atoms with Gasteiger partial charge in [0.1, 0.15) is 6.29 Å². The molecule has 0 N–H and O–H groups in total. The van der Waals surface area contributed by atoms with E-state index < -0.39 is 0 Å². The van der Waals surface area contributed by atoms with Gasteiger partial charge < -0.3 is 4.79 Å². The summed E-state index contributed by atoms with van der Waals surface area (Å²) in [6.45, 7) is 4.21. The maximum Gasteiger partial charge on any atom is 0.127 e. The van der Waals surface area contributed by atoms with Crippen molar-refractivity contribution in [1.82, 2.24) is 0 Å². The normalized spacial score (nSPS) is 12.9. The number of halogens is 1. The smallest absolute Gasteiger partial charge is 0.127 e. The third-order valence-electron chi connectivity index (χ3n) is 2.19. The molecule has 0 saturated heterocycles. The van der Waals surface area contributed by atoms with E-state index >= 15 is 0 Å². The molecule has 0 bridgehead atoms. The Hall–Kier alpha value is -0.820. The molecule has 0 aliphatic rings. The molecule has 0 heterocycles. The first-order chi connectivity index (χ1) is 6.65. The van der Waals surface area contributed by atoms with Crippen molar-refractivity contribution < 1.29 is 4.79 Å². The van der Waals surface area contributed by atoms with Gasteiger partial charge in [-0.3, -0.25) is 0 Å². The van der Waals surface area contributed by atoms with Crippen molar-refractivity contribution in [3.8, 4) is 0 Å². The molecule has 1 aromatic carbocycles. The Kier molecular flexibility index (Phi) is 4.15. The van der Waals surface area contributed by atoms with E-state index in [1.165, 1.54) is 0 Å². The Morgan fingerprint density at radius 1 is 1.36 bits per heavy atom. The van der Waals surface area contributed by atoms with Crippen LogP contribution in [0.25, 0.3) is 0 Å². The minimum absolute atomic E-state index is 0.0660. The predicted molar refractivity (Wildman–Crippen MR) is 59.7 cm³/mol. The van der Waals surface area contributed by atoms with Crippen molar-refractivity contribution in [2.24, 2.45) is 5.92 Å². The second kappa shape index (κ2) is 5.16. The van der Waals surface area contributed by atoms with Crippen molar-refractivity contribution >= 4 is 17.9 Å². The molecule has 1 atom stereocenters. The molecule has 1 nitrogen and oxygen atoms in total. The van der Waals surface area contributed by atoms with Crippen LogP contribution in [0.2, 0.25) is 5.02 Å². The maximum atomic E-state index is 10.9. The van der Waals surface area contributed by atoms with Crippen LogP contribution >= 0.6 is 11.6 Å². The predicted octanol–water partition coefficient (Wildman–Crippen LogP) is 3.67. The van der Waals surface area contributed by atoms with Crippen LogP contribution in [0.4, 0.5) is 0 Å². The van der Waals surface area contributed by atoms with Gasteiger partial charge in [0.15, 0.2) is 0 Å². The zero-order valence-corrected chi connectivity index (χ0v) is 9.29. The minimum atomic E-state index is -0.0660. The van der Waals surface area contributed by atoms with E-state index in [1.54, 1.807) is 0 Å². The molecule has 0 aliphatic carbocycles. The van der Waals surface area contributed by atoms with Crippen LogP contribution < -0.4 is 0 Å². The zero-order valence-electron chi connectivity index (χ0n) is 8.53. The van der Waals surface area contributed by atoms with Gasteiger partial charge in [-0.2, -0.15) is 0 Å². The average molecular weight is 211 g/mol. The number of hydrogen-bond acceptors (Lipinski definition) is 1. The fraction of sp³-hybridized carbons (Fsp3) is 0.417. The fourth-order valence-electron chi connectivity index (χ4n) is 1.54. The lowest BCUT2D eigenvalue weighted by atomic mass is 9.91. The van der Waals surface area contributed by atoms with Crippen LogP contribution in [0.3, 0.4) is 0 Å². The van der Waals surface area contributed by atoms with Gasteiger partial charge in [0, 0.05) is 10.9 Å². The lowest BCUT2D eigenvalue weighted by molar-refractivity contribution is -0.109. The molecule has 0 saturated carbocycles. The van der Waals surface area contributed by atoms with E-state index in [4.69, 9.17) is 11.6 Å². The second-order valence-corrected chi connectivity index (χ2v) is 4.30. The molecule has 0 fully saturated rings. The number of rotatable bonds is 4. The van der Waals surface area contributed by atoms with E-state index in [2.05, 4.69) is 13.8 Å². The summed E-state index contributed by atoms with van der Waals surface area (Å²) in [6.07, 6.45) is 1.84. The number of carbonyl (C=O) groups is 1. The molecule has 14 heavy (non-hydrogen) atoms. The van der Waals surface area contributed by atoms with Gasteiger partial charge >= 0.3 is 0 Å². The topological polar surface area (TPSA) is 17.1 Å². The maximum absolute atomic E-state index is 10.9. The molecule has 1 rings (SSSR count). The SMILES string of the molecule is CC(C)CC(C=O)c1ccccc1Cl. The van der Waals surface area contributed by atoms with Crippen molar-refractivity contribution in [1.29, 1.82) is 0 Å². The molecular formula is C12H15ClO.